The molecule has 1 saturated heterocycles. The van der Waals surface area contributed by atoms with Crippen LogP contribution in [0.4, 0.5) is 0 Å². The molecule has 0 spiro atoms. The van der Waals surface area contributed by atoms with Gasteiger partial charge in [0.25, 0.3) is 0 Å². The average molecular weight is 312 g/mol. The number of hydrogen-bond donors (Lipinski definition) is 0. The van der Waals surface area contributed by atoms with Crippen molar-refractivity contribution < 1.29 is 8.85 Å². The second-order valence-electron chi connectivity index (χ2n) is 6.13. The van der Waals surface area contributed by atoms with Crippen LogP contribution in [0.5, 0.6) is 0 Å². The SMILES string of the molecule is CO[Si]1(OC)CCC(c2ccccc2)(c2ccccc2)CC1. The zero-order valence-corrected chi connectivity index (χ0v) is 14.4. The maximum Gasteiger partial charge on any atom is 0.337 e. The molecular weight excluding hydrogens is 288 g/mol. The van der Waals surface area contributed by atoms with Gasteiger partial charge in [0, 0.05) is 19.6 Å². The Balaban J connectivity index is 2.00. The highest BCUT2D eigenvalue weighted by Gasteiger charge is 2.47. The molecule has 0 aliphatic carbocycles. The van der Waals surface area contributed by atoms with Crippen LogP contribution in [0.15, 0.2) is 60.7 Å². The molecule has 1 fully saturated rings. The summed E-state index contributed by atoms with van der Waals surface area (Å²) < 4.78 is 11.6. The first kappa shape index (κ1) is 15.5. The summed E-state index contributed by atoms with van der Waals surface area (Å²) in [7, 11) is 1.64. The molecule has 2 aromatic rings. The van der Waals surface area contributed by atoms with Crippen molar-refractivity contribution in [2.75, 3.05) is 14.2 Å². The van der Waals surface area contributed by atoms with Crippen LogP contribution in [-0.2, 0) is 14.3 Å². The lowest BCUT2D eigenvalue weighted by Gasteiger charge is -2.44. The van der Waals surface area contributed by atoms with E-state index in [0.717, 1.165) is 24.9 Å². The van der Waals surface area contributed by atoms with E-state index in [-0.39, 0.29) is 5.41 Å². The molecule has 0 unspecified atom stereocenters. The van der Waals surface area contributed by atoms with Gasteiger partial charge in [-0.3, -0.25) is 0 Å². The average Bonchev–Trinajstić information content (AvgIpc) is 2.63. The van der Waals surface area contributed by atoms with Crippen LogP contribution in [0.1, 0.15) is 24.0 Å². The van der Waals surface area contributed by atoms with Crippen LogP contribution in [0, 0.1) is 0 Å². The van der Waals surface area contributed by atoms with E-state index >= 15 is 0 Å². The molecule has 0 bridgehead atoms. The normalized spacial score (nSPS) is 19.7. The first-order chi connectivity index (χ1) is 10.7. The molecule has 2 aromatic carbocycles. The van der Waals surface area contributed by atoms with Gasteiger partial charge in [-0.2, -0.15) is 0 Å². The summed E-state index contributed by atoms with van der Waals surface area (Å²) in [6.45, 7) is 0. The number of rotatable bonds is 4. The van der Waals surface area contributed by atoms with Gasteiger partial charge in [0.2, 0.25) is 0 Å². The first-order valence-electron chi connectivity index (χ1n) is 7.96. The molecule has 3 rings (SSSR count). The van der Waals surface area contributed by atoms with Gasteiger partial charge in [-0.25, -0.2) is 0 Å². The van der Waals surface area contributed by atoms with Gasteiger partial charge >= 0.3 is 8.56 Å². The Morgan fingerprint density at radius 2 is 1.14 bits per heavy atom. The van der Waals surface area contributed by atoms with Crippen molar-refractivity contribution in [3.63, 3.8) is 0 Å². The van der Waals surface area contributed by atoms with E-state index in [0.29, 0.717) is 0 Å². The molecule has 1 heterocycles. The Labute approximate surface area is 134 Å². The van der Waals surface area contributed by atoms with Gasteiger partial charge in [0.1, 0.15) is 0 Å². The predicted molar refractivity (Wildman–Crippen MR) is 92.3 cm³/mol. The van der Waals surface area contributed by atoms with Gasteiger partial charge in [-0.1, -0.05) is 60.7 Å². The highest BCUT2D eigenvalue weighted by atomic mass is 28.4. The fourth-order valence-electron chi connectivity index (χ4n) is 3.81. The van der Waals surface area contributed by atoms with Crippen molar-refractivity contribution in [3.8, 4) is 0 Å². The Morgan fingerprint density at radius 3 is 1.50 bits per heavy atom. The fraction of sp³-hybridized carbons (Fsp3) is 0.368. The van der Waals surface area contributed by atoms with E-state index in [1.54, 1.807) is 0 Å². The maximum absolute atomic E-state index is 5.81. The van der Waals surface area contributed by atoms with E-state index < -0.39 is 8.56 Å². The number of benzene rings is 2. The fourth-order valence-corrected chi connectivity index (χ4v) is 6.66. The summed E-state index contributed by atoms with van der Waals surface area (Å²) in [5.74, 6) is 0. The van der Waals surface area contributed by atoms with Gasteiger partial charge in [-0.15, -0.1) is 0 Å². The molecule has 0 radical (unpaired) electrons. The van der Waals surface area contributed by atoms with Crippen LogP contribution in [0.25, 0.3) is 0 Å². The van der Waals surface area contributed by atoms with Gasteiger partial charge in [0.05, 0.1) is 0 Å². The molecule has 1 aliphatic heterocycles. The second kappa shape index (κ2) is 6.37. The molecule has 3 heteroatoms. The minimum absolute atomic E-state index is 0.0933. The molecule has 0 atom stereocenters. The van der Waals surface area contributed by atoms with E-state index in [9.17, 15) is 0 Å². The minimum Gasteiger partial charge on any atom is -0.398 e. The van der Waals surface area contributed by atoms with Crippen molar-refractivity contribution in [1.29, 1.82) is 0 Å². The number of hydrogen-bond acceptors (Lipinski definition) is 2. The summed E-state index contributed by atoms with van der Waals surface area (Å²) in [6, 6.07) is 23.9. The first-order valence-corrected chi connectivity index (χ1v) is 10.2. The molecule has 0 saturated carbocycles. The van der Waals surface area contributed by atoms with E-state index in [4.69, 9.17) is 8.85 Å². The minimum atomic E-state index is -1.99. The van der Waals surface area contributed by atoms with Crippen molar-refractivity contribution in [2.45, 2.75) is 30.3 Å². The highest BCUT2D eigenvalue weighted by Crippen LogP contribution is 2.48. The van der Waals surface area contributed by atoms with Crippen LogP contribution in [-0.4, -0.2) is 22.8 Å². The smallest absolute Gasteiger partial charge is 0.337 e. The van der Waals surface area contributed by atoms with Crippen LogP contribution >= 0.6 is 0 Å². The summed E-state index contributed by atoms with van der Waals surface area (Å²) in [4.78, 5) is 0. The molecule has 1 aliphatic rings. The lowest BCUT2D eigenvalue weighted by atomic mass is 9.70. The molecule has 22 heavy (non-hydrogen) atoms. The van der Waals surface area contributed by atoms with Crippen molar-refractivity contribution in [1.82, 2.24) is 0 Å². The highest BCUT2D eigenvalue weighted by molar-refractivity contribution is 6.67. The topological polar surface area (TPSA) is 18.5 Å². The molecule has 0 N–H and O–H groups in total. The summed E-state index contributed by atoms with van der Waals surface area (Å²) in [5, 5.41) is 0. The van der Waals surface area contributed by atoms with Gasteiger partial charge in [-0.05, 0) is 36.1 Å². The molecule has 0 amide bonds. The summed E-state index contributed by atoms with van der Waals surface area (Å²) >= 11 is 0. The predicted octanol–water partition coefficient (Wildman–Crippen LogP) is 4.50. The quantitative estimate of drug-likeness (QED) is 0.774. The van der Waals surface area contributed by atoms with Gasteiger partial charge in [0.15, 0.2) is 0 Å². The summed E-state index contributed by atoms with van der Waals surface area (Å²) in [6.07, 6.45) is 2.18. The van der Waals surface area contributed by atoms with Crippen molar-refractivity contribution in [3.05, 3.63) is 71.8 Å². The van der Waals surface area contributed by atoms with E-state index in [1.807, 2.05) is 14.2 Å². The zero-order valence-electron chi connectivity index (χ0n) is 13.4. The molecule has 2 nitrogen and oxygen atoms in total. The monoisotopic (exact) mass is 312 g/mol. The Hall–Kier alpha value is -1.42. The Bertz CT molecular complexity index is 542. The lowest BCUT2D eigenvalue weighted by Crippen LogP contribution is -2.48. The maximum atomic E-state index is 5.81. The second-order valence-corrected chi connectivity index (χ2v) is 9.77. The van der Waals surface area contributed by atoms with E-state index in [2.05, 4.69) is 60.7 Å². The lowest BCUT2D eigenvalue weighted by molar-refractivity contribution is 0.220. The molecule has 116 valence electrons. The third-order valence-electron chi connectivity index (χ3n) is 5.26. The third-order valence-corrected chi connectivity index (χ3v) is 8.77. The molecule has 0 aromatic heterocycles. The van der Waals surface area contributed by atoms with Gasteiger partial charge < -0.3 is 8.85 Å². The van der Waals surface area contributed by atoms with Crippen LogP contribution in [0.2, 0.25) is 12.1 Å². The summed E-state index contributed by atoms with van der Waals surface area (Å²) in [5.41, 5.74) is 2.92. The Morgan fingerprint density at radius 1 is 0.727 bits per heavy atom. The van der Waals surface area contributed by atoms with E-state index in [1.165, 1.54) is 11.1 Å². The van der Waals surface area contributed by atoms with Crippen molar-refractivity contribution in [2.24, 2.45) is 0 Å². The van der Waals surface area contributed by atoms with Crippen LogP contribution in [0.3, 0.4) is 0 Å². The zero-order chi connectivity index (χ0) is 15.5. The van der Waals surface area contributed by atoms with Crippen molar-refractivity contribution >= 4 is 8.56 Å². The molecular formula is C19H24O2Si. The largest absolute Gasteiger partial charge is 0.398 e. The Kier molecular flexibility index (Phi) is 4.48. The standard InChI is InChI=1S/C19H24O2Si/c1-20-22(21-2)15-13-19(14-16-22,17-9-5-3-6-10-17)18-11-7-4-8-12-18/h3-12H,13-16H2,1-2H3. The third kappa shape index (κ3) is 2.65. The van der Waals surface area contributed by atoms with Crippen LogP contribution < -0.4 is 0 Å².